The van der Waals surface area contributed by atoms with E-state index < -0.39 is 0 Å². The van der Waals surface area contributed by atoms with E-state index in [-0.39, 0.29) is 5.54 Å². The normalized spacial score (nSPS) is 19.1. The number of rotatable bonds is 5. The van der Waals surface area contributed by atoms with E-state index >= 15 is 0 Å². The molecule has 0 aliphatic heterocycles. The summed E-state index contributed by atoms with van der Waals surface area (Å²) in [6.45, 7) is 4.08. The van der Waals surface area contributed by atoms with E-state index in [0.717, 1.165) is 24.5 Å². The third kappa shape index (κ3) is 3.76. The predicted octanol–water partition coefficient (Wildman–Crippen LogP) is 2.54. The summed E-state index contributed by atoms with van der Waals surface area (Å²) in [5.41, 5.74) is 7.67. The monoisotopic (exact) mass is 253 g/mol. The van der Waals surface area contributed by atoms with Gasteiger partial charge in [-0.3, -0.25) is 0 Å². The number of hydrogen-bond donors (Lipinski definition) is 1. The first-order valence-corrected chi connectivity index (χ1v) is 7.34. The lowest BCUT2D eigenvalue weighted by atomic mass is 9.94. The van der Waals surface area contributed by atoms with Crippen LogP contribution in [-0.4, -0.2) is 29.0 Å². The van der Waals surface area contributed by atoms with Gasteiger partial charge >= 0.3 is 0 Å². The van der Waals surface area contributed by atoms with Gasteiger partial charge in [0.25, 0.3) is 0 Å². The van der Waals surface area contributed by atoms with Crippen LogP contribution in [0, 0.1) is 6.92 Å². The Labute approximate surface area is 108 Å². The molecule has 17 heavy (non-hydrogen) atoms. The Hall–Kier alpha value is -0.450. The lowest BCUT2D eigenvalue weighted by Gasteiger charge is -2.26. The molecule has 96 valence electrons. The summed E-state index contributed by atoms with van der Waals surface area (Å²) in [4.78, 5) is 6.83. The second-order valence-corrected chi connectivity index (χ2v) is 6.48. The molecule has 1 saturated carbocycles. The van der Waals surface area contributed by atoms with Crippen LogP contribution in [0.25, 0.3) is 0 Å². The first-order valence-electron chi connectivity index (χ1n) is 6.46. The fourth-order valence-corrected chi connectivity index (χ4v) is 3.18. The fourth-order valence-electron chi connectivity index (χ4n) is 2.58. The van der Waals surface area contributed by atoms with E-state index in [2.05, 4.69) is 29.2 Å². The van der Waals surface area contributed by atoms with Crippen molar-refractivity contribution in [1.82, 2.24) is 9.88 Å². The average Bonchev–Trinajstić information content (AvgIpc) is 2.86. The number of hydrogen-bond acceptors (Lipinski definition) is 4. The third-order valence-electron chi connectivity index (χ3n) is 3.69. The Kier molecular flexibility index (Phi) is 4.17. The van der Waals surface area contributed by atoms with E-state index in [9.17, 15) is 0 Å². The van der Waals surface area contributed by atoms with Crippen molar-refractivity contribution in [3.05, 3.63) is 16.1 Å². The number of aromatic nitrogens is 1. The van der Waals surface area contributed by atoms with Crippen molar-refractivity contribution in [3.8, 4) is 0 Å². The third-order valence-corrected chi connectivity index (χ3v) is 4.51. The fraction of sp³-hybridized carbons (Fsp3) is 0.769. The minimum absolute atomic E-state index is 0.117. The minimum Gasteiger partial charge on any atom is -0.325 e. The van der Waals surface area contributed by atoms with Gasteiger partial charge < -0.3 is 10.6 Å². The van der Waals surface area contributed by atoms with E-state index in [0.29, 0.717) is 0 Å². The van der Waals surface area contributed by atoms with Crippen LogP contribution in [0.1, 0.15) is 42.8 Å². The van der Waals surface area contributed by atoms with Gasteiger partial charge in [0.05, 0.1) is 10.7 Å². The smallest absolute Gasteiger partial charge is 0.0897 e. The molecule has 4 heteroatoms. The molecule has 0 amide bonds. The van der Waals surface area contributed by atoms with Crippen molar-refractivity contribution >= 4 is 11.3 Å². The van der Waals surface area contributed by atoms with Gasteiger partial charge in [0.2, 0.25) is 0 Å². The molecular formula is C13H23N3S. The first kappa shape index (κ1) is 13.0. The van der Waals surface area contributed by atoms with Gasteiger partial charge in [-0.25, -0.2) is 4.98 Å². The molecule has 1 heterocycles. The SMILES string of the molecule is Cc1nc(CN(C)CCC2(N)CCCC2)cs1. The summed E-state index contributed by atoms with van der Waals surface area (Å²) in [5.74, 6) is 0. The van der Waals surface area contributed by atoms with E-state index in [1.165, 1.54) is 31.4 Å². The van der Waals surface area contributed by atoms with Crippen molar-refractivity contribution < 1.29 is 0 Å². The second kappa shape index (κ2) is 5.46. The Bertz CT molecular complexity index is 355. The van der Waals surface area contributed by atoms with Crippen LogP contribution < -0.4 is 5.73 Å². The van der Waals surface area contributed by atoms with Crippen molar-refractivity contribution in [2.75, 3.05) is 13.6 Å². The highest BCUT2D eigenvalue weighted by molar-refractivity contribution is 7.09. The highest BCUT2D eigenvalue weighted by atomic mass is 32.1. The average molecular weight is 253 g/mol. The molecule has 0 saturated heterocycles. The number of aryl methyl sites for hydroxylation is 1. The molecule has 2 N–H and O–H groups in total. The highest BCUT2D eigenvalue weighted by Gasteiger charge is 2.28. The van der Waals surface area contributed by atoms with Crippen molar-refractivity contribution in [3.63, 3.8) is 0 Å². The largest absolute Gasteiger partial charge is 0.325 e. The van der Waals surface area contributed by atoms with Crippen LogP contribution in [-0.2, 0) is 6.54 Å². The summed E-state index contributed by atoms with van der Waals surface area (Å²) in [6.07, 6.45) is 6.15. The molecule has 0 aromatic carbocycles. The molecule has 3 nitrogen and oxygen atoms in total. The second-order valence-electron chi connectivity index (χ2n) is 5.42. The molecule has 0 atom stereocenters. The summed E-state index contributed by atoms with van der Waals surface area (Å²) >= 11 is 1.73. The number of thiazole rings is 1. The van der Waals surface area contributed by atoms with E-state index in [1.54, 1.807) is 11.3 Å². The van der Waals surface area contributed by atoms with Gasteiger partial charge in [-0.15, -0.1) is 11.3 Å². The van der Waals surface area contributed by atoms with Crippen molar-refractivity contribution in [1.29, 1.82) is 0 Å². The van der Waals surface area contributed by atoms with Gasteiger partial charge in [-0.2, -0.15) is 0 Å². The maximum Gasteiger partial charge on any atom is 0.0897 e. The first-order chi connectivity index (χ1) is 8.07. The van der Waals surface area contributed by atoms with E-state index in [4.69, 9.17) is 5.73 Å². The van der Waals surface area contributed by atoms with Crippen LogP contribution in [0.3, 0.4) is 0 Å². The highest BCUT2D eigenvalue weighted by Crippen LogP contribution is 2.30. The van der Waals surface area contributed by atoms with Gasteiger partial charge in [-0.1, -0.05) is 12.8 Å². The Morgan fingerprint density at radius 3 is 2.76 bits per heavy atom. The van der Waals surface area contributed by atoms with Crippen molar-refractivity contribution in [2.24, 2.45) is 5.73 Å². The van der Waals surface area contributed by atoms with Gasteiger partial charge in [-0.05, 0) is 39.8 Å². The summed E-state index contributed by atoms with van der Waals surface area (Å²) in [6, 6.07) is 0. The quantitative estimate of drug-likeness (QED) is 0.877. The van der Waals surface area contributed by atoms with E-state index in [1.807, 2.05) is 0 Å². The summed E-state index contributed by atoms with van der Waals surface area (Å²) in [5, 5.41) is 3.30. The zero-order chi connectivity index (χ0) is 12.3. The Balaban J connectivity index is 1.75. The van der Waals surface area contributed by atoms with Gasteiger partial charge in [0.15, 0.2) is 0 Å². The van der Waals surface area contributed by atoms with Crippen LogP contribution >= 0.6 is 11.3 Å². The molecule has 0 bridgehead atoms. The van der Waals surface area contributed by atoms with Crippen LogP contribution in [0.15, 0.2) is 5.38 Å². The molecule has 1 aromatic rings. The van der Waals surface area contributed by atoms with Crippen LogP contribution in [0.2, 0.25) is 0 Å². The van der Waals surface area contributed by atoms with Crippen molar-refractivity contribution in [2.45, 2.75) is 51.1 Å². The molecule has 1 aliphatic carbocycles. The lowest BCUT2D eigenvalue weighted by Crippen LogP contribution is -2.39. The van der Waals surface area contributed by atoms with Crippen LogP contribution in [0.5, 0.6) is 0 Å². The van der Waals surface area contributed by atoms with Gasteiger partial charge in [0, 0.05) is 17.5 Å². The molecule has 1 aromatic heterocycles. The lowest BCUT2D eigenvalue weighted by molar-refractivity contribution is 0.271. The molecular weight excluding hydrogens is 230 g/mol. The Morgan fingerprint density at radius 1 is 1.47 bits per heavy atom. The number of nitrogens with two attached hydrogens (primary N) is 1. The topological polar surface area (TPSA) is 42.2 Å². The summed E-state index contributed by atoms with van der Waals surface area (Å²) in [7, 11) is 2.16. The maximum atomic E-state index is 6.36. The zero-order valence-electron chi connectivity index (χ0n) is 10.9. The molecule has 2 rings (SSSR count). The molecule has 1 fully saturated rings. The zero-order valence-corrected chi connectivity index (χ0v) is 11.7. The molecule has 0 spiro atoms. The standard InChI is InChI=1S/C13H23N3S/c1-11-15-12(10-17-11)9-16(2)8-7-13(14)5-3-4-6-13/h10H,3-9,14H2,1-2H3. The predicted molar refractivity (Wildman–Crippen MR) is 73.2 cm³/mol. The Morgan fingerprint density at radius 2 is 2.18 bits per heavy atom. The molecule has 1 aliphatic rings. The van der Waals surface area contributed by atoms with Gasteiger partial charge in [0.1, 0.15) is 0 Å². The number of nitrogens with zero attached hydrogens (tertiary/aromatic N) is 2. The maximum absolute atomic E-state index is 6.36. The van der Waals surface area contributed by atoms with Crippen LogP contribution in [0.4, 0.5) is 0 Å². The minimum atomic E-state index is 0.117. The molecule has 0 unspecified atom stereocenters. The summed E-state index contributed by atoms with van der Waals surface area (Å²) < 4.78 is 0. The molecule has 0 radical (unpaired) electrons.